The Hall–Kier alpha value is -0.120. The topological polar surface area (TPSA) is 41.3 Å². The van der Waals surface area contributed by atoms with Crippen molar-refractivity contribution >= 4 is 0 Å². The van der Waals surface area contributed by atoms with Gasteiger partial charge in [0, 0.05) is 25.0 Å². The van der Waals surface area contributed by atoms with Crippen LogP contribution in [0.3, 0.4) is 0 Å². The molecule has 0 aromatic carbocycles. The molecule has 9 heavy (non-hydrogen) atoms. The first-order valence-electron chi connectivity index (χ1n) is 3.60. The molecule has 2 atom stereocenters. The molecule has 0 radical (unpaired) electrons. The number of nitrogens with two attached hydrogens (primary N) is 1. The maximum Gasteiger partial charge on any atom is 0.0306 e. The minimum atomic E-state index is 0.700. The molecule has 0 bridgehead atoms. The average Bonchev–Trinajstić information content (AvgIpc) is 1.86. The van der Waals surface area contributed by atoms with E-state index < -0.39 is 0 Å². The molecule has 2 heterocycles. The molecule has 0 saturated carbocycles. The van der Waals surface area contributed by atoms with Crippen molar-refractivity contribution in [3.05, 3.63) is 0 Å². The fourth-order valence-electron chi connectivity index (χ4n) is 1.80. The predicted molar refractivity (Wildman–Crippen MR) is 35.7 cm³/mol. The first-order valence-corrected chi connectivity index (χ1v) is 3.60. The number of nitrogens with one attached hydrogen (secondary N) is 1. The summed E-state index contributed by atoms with van der Waals surface area (Å²) >= 11 is 0. The largest absolute Gasteiger partial charge is 0.316 e. The van der Waals surface area contributed by atoms with E-state index in [1.807, 2.05) is 5.01 Å². The maximum absolute atomic E-state index is 5.64. The molecule has 2 rings (SSSR count). The van der Waals surface area contributed by atoms with Crippen LogP contribution in [0.25, 0.3) is 0 Å². The first kappa shape index (κ1) is 5.65. The Morgan fingerprint density at radius 1 is 1.56 bits per heavy atom. The third-order valence-corrected chi connectivity index (χ3v) is 2.44. The zero-order valence-electron chi connectivity index (χ0n) is 5.51. The van der Waals surface area contributed by atoms with E-state index in [-0.39, 0.29) is 0 Å². The number of nitrogens with zero attached hydrogens (tertiary/aromatic N) is 1. The average molecular weight is 127 g/mol. The lowest BCUT2D eigenvalue weighted by Gasteiger charge is -2.48. The molecule has 0 aromatic rings. The lowest BCUT2D eigenvalue weighted by Crippen LogP contribution is -2.65. The highest BCUT2D eigenvalue weighted by Crippen LogP contribution is 2.25. The molecule has 0 amide bonds. The van der Waals surface area contributed by atoms with Crippen molar-refractivity contribution in [2.45, 2.75) is 12.5 Å². The molecule has 2 fully saturated rings. The number of hydrogen-bond acceptors (Lipinski definition) is 3. The van der Waals surface area contributed by atoms with Crippen LogP contribution in [0.1, 0.15) is 6.42 Å². The summed E-state index contributed by atoms with van der Waals surface area (Å²) in [6, 6.07) is 0.700. The second-order valence-corrected chi connectivity index (χ2v) is 3.02. The van der Waals surface area contributed by atoms with Gasteiger partial charge in [-0.05, 0) is 13.0 Å². The zero-order valence-corrected chi connectivity index (χ0v) is 5.51. The monoisotopic (exact) mass is 127 g/mol. The first-order chi connectivity index (χ1) is 4.38. The number of hydrazine groups is 1. The zero-order chi connectivity index (χ0) is 6.27. The van der Waals surface area contributed by atoms with Crippen LogP contribution >= 0.6 is 0 Å². The van der Waals surface area contributed by atoms with E-state index in [0.29, 0.717) is 6.04 Å². The summed E-state index contributed by atoms with van der Waals surface area (Å²) in [7, 11) is 0. The number of hydrogen-bond donors (Lipinski definition) is 2. The Labute approximate surface area is 55.2 Å². The van der Waals surface area contributed by atoms with Gasteiger partial charge in [0.2, 0.25) is 0 Å². The van der Waals surface area contributed by atoms with Crippen LogP contribution in [0, 0.1) is 5.92 Å². The smallest absolute Gasteiger partial charge is 0.0306 e. The van der Waals surface area contributed by atoms with Gasteiger partial charge in [-0.15, -0.1) is 0 Å². The Balaban J connectivity index is 1.94. The van der Waals surface area contributed by atoms with Gasteiger partial charge in [-0.2, -0.15) is 0 Å². The van der Waals surface area contributed by atoms with Gasteiger partial charge < -0.3 is 5.32 Å². The standard InChI is InChI=1S/C6H13N3/c7-9-4-5-3-8-2-1-6(5)9/h5-6,8H,1-4,7H2. The Morgan fingerprint density at radius 2 is 2.44 bits per heavy atom. The van der Waals surface area contributed by atoms with Crippen molar-refractivity contribution < 1.29 is 0 Å². The Kier molecular flexibility index (Phi) is 1.22. The molecule has 0 spiro atoms. The van der Waals surface area contributed by atoms with Crippen LogP contribution in [0.15, 0.2) is 0 Å². The molecule has 3 heteroatoms. The quantitative estimate of drug-likeness (QED) is 0.417. The number of rotatable bonds is 0. The van der Waals surface area contributed by atoms with Crippen molar-refractivity contribution in [1.29, 1.82) is 0 Å². The van der Waals surface area contributed by atoms with Crippen molar-refractivity contribution in [2.75, 3.05) is 19.6 Å². The molecule has 3 N–H and O–H groups in total. The van der Waals surface area contributed by atoms with Gasteiger partial charge in [-0.25, -0.2) is 5.01 Å². The highest BCUT2D eigenvalue weighted by atomic mass is 15.5. The van der Waals surface area contributed by atoms with E-state index in [0.717, 1.165) is 19.0 Å². The van der Waals surface area contributed by atoms with E-state index in [1.165, 1.54) is 13.0 Å². The third kappa shape index (κ3) is 0.764. The number of piperidine rings is 1. The molecule has 3 nitrogen and oxygen atoms in total. The van der Waals surface area contributed by atoms with E-state index in [4.69, 9.17) is 5.84 Å². The van der Waals surface area contributed by atoms with Gasteiger partial charge in [-0.1, -0.05) is 0 Å². The fraction of sp³-hybridized carbons (Fsp3) is 1.00. The molecule has 52 valence electrons. The van der Waals surface area contributed by atoms with Gasteiger partial charge in [-0.3, -0.25) is 5.84 Å². The van der Waals surface area contributed by atoms with Crippen molar-refractivity contribution in [3.63, 3.8) is 0 Å². The molecule has 0 aromatic heterocycles. The maximum atomic E-state index is 5.64. The molecule has 2 aliphatic rings. The minimum Gasteiger partial charge on any atom is -0.316 e. The van der Waals surface area contributed by atoms with Crippen LogP contribution in [-0.2, 0) is 0 Å². The lowest BCUT2D eigenvalue weighted by molar-refractivity contribution is -0.00588. The summed E-state index contributed by atoms with van der Waals surface area (Å²) in [5, 5.41) is 5.32. The van der Waals surface area contributed by atoms with E-state index in [9.17, 15) is 0 Å². The van der Waals surface area contributed by atoms with Crippen LogP contribution < -0.4 is 11.2 Å². The molecule has 2 saturated heterocycles. The van der Waals surface area contributed by atoms with Crippen LogP contribution in [-0.4, -0.2) is 30.7 Å². The van der Waals surface area contributed by atoms with Crippen molar-refractivity contribution in [2.24, 2.45) is 11.8 Å². The molecule has 2 aliphatic heterocycles. The van der Waals surface area contributed by atoms with E-state index in [1.54, 1.807) is 0 Å². The summed E-state index contributed by atoms with van der Waals surface area (Å²) in [4.78, 5) is 0. The highest BCUT2D eigenvalue weighted by molar-refractivity contribution is 4.92. The summed E-state index contributed by atoms with van der Waals surface area (Å²) in [5.41, 5.74) is 0. The van der Waals surface area contributed by atoms with Gasteiger partial charge in [0.25, 0.3) is 0 Å². The van der Waals surface area contributed by atoms with Crippen LogP contribution in [0.2, 0.25) is 0 Å². The van der Waals surface area contributed by atoms with Crippen LogP contribution in [0.4, 0.5) is 0 Å². The van der Waals surface area contributed by atoms with Gasteiger partial charge in [0.1, 0.15) is 0 Å². The summed E-state index contributed by atoms with van der Waals surface area (Å²) < 4.78 is 0. The lowest BCUT2D eigenvalue weighted by atomic mass is 9.85. The summed E-state index contributed by atoms with van der Waals surface area (Å²) in [5.74, 6) is 6.49. The Morgan fingerprint density at radius 3 is 3.00 bits per heavy atom. The predicted octanol–water partition coefficient (Wildman–Crippen LogP) is -0.846. The summed E-state index contributed by atoms with van der Waals surface area (Å²) in [6.07, 6.45) is 1.24. The van der Waals surface area contributed by atoms with Crippen molar-refractivity contribution in [3.8, 4) is 0 Å². The third-order valence-electron chi connectivity index (χ3n) is 2.44. The molecular formula is C6H13N3. The van der Waals surface area contributed by atoms with Gasteiger partial charge >= 0.3 is 0 Å². The van der Waals surface area contributed by atoms with E-state index in [2.05, 4.69) is 5.32 Å². The normalized spacial score (nSPS) is 43.7. The summed E-state index contributed by atoms with van der Waals surface area (Å²) in [6.45, 7) is 3.42. The van der Waals surface area contributed by atoms with Crippen molar-refractivity contribution in [1.82, 2.24) is 10.3 Å². The van der Waals surface area contributed by atoms with Crippen LogP contribution in [0.5, 0.6) is 0 Å². The second kappa shape index (κ2) is 1.94. The van der Waals surface area contributed by atoms with Gasteiger partial charge in [0.15, 0.2) is 0 Å². The highest BCUT2D eigenvalue weighted by Gasteiger charge is 2.37. The molecule has 2 unspecified atom stereocenters. The van der Waals surface area contributed by atoms with Gasteiger partial charge in [0.05, 0.1) is 0 Å². The molecular weight excluding hydrogens is 114 g/mol. The minimum absolute atomic E-state index is 0.700. The Bertz CT molecular complexity index is 113. The van der Waals surface area contributed by atoms with E-state index >= 15 is 0 Å². The second-order valence-electron chi connectivity index (χ2n) is 3.02. The fourth-order valence-corrected chi connectivity index (χ4v) is 1.80. The molecule has 0 aliphatic carbocycles. The SMILES string of the molecule is NN1CC2CNCCC21. The number of fused-ring (bicyclic) bond motifs is 1.